The summed E-state index contributed by atoms with van der Waals surface area (Å²) in [5.74, 6) is 0.543. The van der Waals surface area contributed by atoms with Gasteiger partial charge in [-0.3, -0.25) is 0 Å². The molecule has 0 aromatic heterocycles. The van der Waals surface area contributed by atoms with Crippen LogP contribution in [0.15, 0.2) is 24.3 Å². The maximum absolute atomic E-state index is 10.5. The van der Waals surface area contributed by atoms with Crippen LogP contribution in [-0.4, -0.2) is 5.11 Å². The van der Waals surface area contributed by atoms with Crippen LogP contribution in [0.2, 0.25) is 0 Å². The first-order valence-electron chi connectivity index (χ1n) is 5.38. The zero-order chi connectivity index (χ0) is 10.9. The van der Waals surface area contributed by atoms with E-state index in [0.29, 0.717) is 11.5 Å². The van der Waals surface area contributed by atoms with E-state index in [1.165, 1.54) is 0 Å². The molecule has 0 spiro atoms. The predicted octanol–water partition coefficient (Wildman–Crippen LogP) is 2.57. The van der Waals surface area contributed by atoms with Gasteiger partial charge in [0.1, 0.15) is 0 Å². The van der Waals surface area contributed by atoms with E-state index < -0.39 is 5.60 Å². The molecule has 1 saturated carbocycles. The summed E-state index contributed by atoms with van der Waals surface area (Å²) in [6.07, 6.45) is 2.58. The van der Waals surface area contributed by atoms with Gasteiger partial charge in [0.05, 0.1) is 17.2 Å². The van der Waals surface area contributed by atoms with Gasteiger partial charge in [0.25, 0.3) is 0 Å². The third kappa shape index (κ3) is 1.75. The lowest BCUT2D eigenvalue weighted by atomic mass is 9.88. The normalized spacial score (nSPS) is 30.1. The van der Waals surface area contributed by atoms with Crippen LogP contribution in [0.25, 0.3) is 0 Å². The zero-order valence-electron chi connectivity index (χ0n) is 8.90. The van der Waals surface area contributed by atoms with Gasteiger partial charge >= 0.3 is 0 Å². The molecule has 2 heteroatoms. The van der Waals surface area contributed by atoms with E-state index in [2.05, 4.69) is 13.0 Å². The van der Waals surface area contributed by atoms with E-state index in [1.54, 1.807) is 6.07 Å². The van der Waals surface area contributed by atoms with Crippen LogP contribution in [0.3, 0.4) is 0 Å². The van der Waals surface area contributed by atoms with E-state index in [-0.39, 0.29) is 0 Å². The maximum Gasteiger partial charge on any atom is 0.0995 e. The van der Waals surface area contributed by atoms with Gasteiger partial charge in [-0.25, -0.2) is 0 Å². The summed E-state index contributed by atoms with van der Waals surface area (Å²) < 4.78 is 0. The van der Waals surface area contributed by atoms with Crippen molar-refractivity contribution in [1.82, 2.24) is 0 Å². The quantitative estimate of drug-likeness (QED) is 0.758. The molecule has 2 atom stereocenters. The minimum atomic E-state index is -0.772. The highest BCUT2D eigenvalue weighted by Crippen LogP contribution is 2.42. The molecule has 2 rings (SSSR count). The highest BCUT2D eigenvalue weighted by molar-refractivity contribution is 5.41. The molecule has 1 aromatic rings. The average Bonchev–Trinajstić information content (AvgIpc) is 2.60. The Morgan fingerprint density at radius 1 is 1.47 bits per heavy atom. The van der Waals surface area contributed by atoms with Crippen molar-refractivity contribution in [3.8, 4) is 6.07 Å². The van der Waals surface area contributed by atoms with Crippen molar-refractivity contribution in [3.05, 3.63) is 35.4 Å². The first-order valence-corrected chi connectivity index (χ1v) is 5.38. The summed E-state index contributed by atoms with van der Waals surface area (Å²) >= 11 is 0. The van der Waals surface area contributed by atoms with Crippen LogP contribution >= 0.6 is 0 Å². The van der Waals surface area contributed by atoms with E-state index in [1.807, 2.05) is 18.2 Å². The van der Waals surface area contributed by atoms with Crippen molar-refractivity contribution >= 4 is 0 Å². The van der Waals surface area contributed by atoms with Crippen molar-refractivity contribution < 1.29 is 5.11 Å². The van der Waals surface area contributed by atoms with Gasteiger partial charge < -0.3 is 5.11 Å². The van der Waals surface area contributed by atoms with Crippen molar-refractivity contribution in [3.63, 3.8) is 0 Å². The Kier molecular flexibility index (Phi) is 2.50. The molecule has 1 aromatic carbocycles. The standard InChI is InChI=1S/C13H15NO/c1-10-6-7-13(15,8-10)12-5-3-2-4-11(12)9-14/h2-5,10,15H,6-8H2,1H3/t10-,13+/m1/s1. The minimum Gasteiger partial charge on any atom is -0.385 e. The Balaban J connectivity index is 2.41. The average molecular weight is 201 g/mol. The van der Waals surface area contributed by atoms with Crippen LogP contribution in [0.4, 0.5) is 0 Å². The Morgan fingerprint density at radius 3 is 2.80 bits per heavy atom. The predicted molar refractivity (Wildman–Crippen MR) is 58.1 cm³/mol. The lowest BCUT2D eigenvalue weighted by Crippen LogP contribution is -2.22. The van der Waals surface area contributed by atoms with Gasteiger partial charge in [0.15, 0.2) is 0 Å². The summed E-state index contributed by atoms with van der Waals surface area (Å²) in [5.41, 5.74) is 0.636. The van der Waals surface area contributed by atoms with Crippen molar-refractivity contribution in [2.75, 3.05) is 0 Å². The summed E-state index contributed by atoms with van der Waals surface area (Å²) in [6.45, 7) is 2.15. The Bertz CT molecular complexity index is 407. The second kappa shape index (κ2) is 3.67. The van der Waals surface area contributed by atoms with Crippen LogP contribution in [0, 0.1) is 17.2 Å². The molecule has 15 heavy (non-hydrogen) atoms. The monoisotopic (exact) mass is 201 g/mol. The van der Waals surface area contributed by atoms with E-state index in [4.69, 9.17) is 5.26 Å². The van der Waals surface area contributed by atoms with Crippen LogP contribution in [0.1, 0.15) is 37.3 Å². The largest absolute Gasteiger partial charge is 0.385 e. The molecule has 1 aliphatic rings. The molecule has 0 aliphatic heterocycles. The van der Waals surface area contributed by atoms with Crippen molar-refractivity contribution in [1.29, 1.82) is 5.26 Å². The topological polar surface area (TPSA) is 44.0 Å². The fourth-order valence-electron chi connectivity index (χ4n) is 2.50. The second-order valence-electron chi connectivity index (χ2n) is 4.54. The van der Waals surface area contributed by atoms with E-state index >= 15 is 0 Å². The highest BCUT2D eigenvalue weighted by atomic mass is 16.3. The number of hydrogen-bond acceptors (Lipinski definition) is 2. The summed E-state index contributed by atoms with van der Waals surface area (Å²) in [7, 11) is 0. The van der Waals surface area contributed by atoms with Gasteiger partial charge in [-0.2, -0.15) is 5.26 Å². The molecule has 0 amide bonds. The second-order valence-corrected chi connectivity index (χ2v) is 4.54. The van der Waals surface area contributed by atoms with Crippen LogP contribution < -0.4 is 0 Å². The van der Waals surface area contributed by atoms with Gasteiger partial charge in [-0.1, -0.05) is 25.1 Å². The molecule has 0 radical (unpaired) electrons. The molecular formula is C13H15NO. The molecule has 1 aliphatic carbocycles. The number of nitriles is 1. The molecule has 1 fully saturated rings. The van der Waals surface area contributed by atoms with Crippen molar-refractivity contribution in [2.45, 2.75) is 31.8 Å². The lowest BCUT2D eigenvalue weighted by Gasteiger charge is -2.24. The zero-order valence-corrected chi connectivity index (χ0v) is 8.90. The third-order valence-electron chi connectivity index (χ3n) is 3.29. The molecule has 78 valence electrons. The molecule has 0 unspecified atom stereocenters. The number of nitrogens with zero attached hydrogens (tertiary/aromatic N) is 1. The van der Waals surface area contributed by atoms with E-state index in [9.17, 15) is 5.11 Å². The Hall–Kier alpha value is -1.33. The fraction of sp³-hybridized carbons (Fsp3) is 0.462. The number of rotatable bonds is 1. The van der Waals surface area contributed by atoms with Crippen molar-refractivity contribution in [2.24, 2.45) is 5.92 Å². The molecule has 1 N–H and O–H groups in total. The minimum absolute atomic E-state index is 0.543. The van der Waals surface area contributed by atoms with Gasteiger partial charge in [0.2, 0.25) is 0 Å². The maximum atomic E-state index is 10.5. The molecule has 0 heterocycles. The fourth-order valence-corrected chi connectivity index (χ4v) is 2.50. The molecular weight excluding hydrogens is 186 g/mol. The first kappa shape index (κ1) is 10.2. The number of aliphatic hydroxyl groups is 1. The van der Waals surface area contributed by atoms with Gasteiger partial charge in [-0.05, 0) is 31.2 Å². The summed E-state index contributed by atoms with van der Waals surface area (Å²) in [4.78, 5) is 0. The lowest BCUT2D eigenvalue weighted by molar-refractivity contribution is 0.0405. The molecule has 2 nitrogen and oxygen atoms in total. The van der Waals surface area contributed by atoms with Gasteiger partial charge in [0, 0.05) is 5.56 Å². The third-order valence-corrected chi connectivity index (χ3v) is 3.29. The SMILES string of the molecule is C[C@@H]1CC[C@@](O)(c2ccccc2C#N)C1. The van der Waals surface area contributed by atoms with Crippen LogP contribution in [-0.2, 0) is 5.60 Å². The Morgan fingerprint density at radius 2 is 2.20 bits per heavy atom. The first-order chi connectivity index (χ1) is 7.15. The van der Waals surface area contributed by atoms with E-state index in [0.717, 1.165) is 24.8 Å². The highest BCUT2D eigenvalue weighted by Gasteiger charge is 2.38. The summed E-state index contributed by atoms with van der Waals surface area (Å²) in [6, 6.07) is 9.52. The van der Waals surface area contributed by atoms with Gasteiger partial charge in [-0.15, -0.1) is 0 Å². The Labute approximate surface area is 90.2 Å². The van der Waals surface area contributed by atoms with Crippen LogP contribution in [0.5, 0.6) is 0 Å². The molecule has 0 bridgehead atoms. The summed E-state index contributed by atoms with van der Waals surface area (Å²) in [5, 5.41) is 19.5. The smallest absolute Gasteiger partial charge is 0.0995 e. The number of hydrogen-bond donors (Lipinski definition) is 1. The number of benzene rings is 1. The molecule has 0 saturated heterocycles.